The Labute approximate surface area is 110 Å². The molecule has 0 aliphatic heterocycles. The summed E-state index contributed by atoms with van der Waals surface area (Å²) in [5.41, 5.74) is 0. The molecule has 2 nitrogen and oxygen atoms in total. The van der Waals surface area contributed by atoms with Gasteiger partial charge in [-0.15, -0.1) is 0 Å². The fraction of sp³-hybridized carbons (Fsp3) is 0.750. The summed E-state index contributed by atoms with van der Waals surface area (Å²) in [5, 5.41) is 3.77. The van der Waals surface area contributed by atoms with Gasteiger partial charge in [-0.3, -0.25) is 0 Å². The Kier molecular flexibility index (Phi) is 3.74. The van der Waals surface area contributed by atoms with Crippen LogP contribution in [0.4, 0.5) is 0 Å². The number of hydrogen-bond acceptors (Lipinski definition) is 2. The van der Waals surface area contributed by atoms with Crippen molar-refractivity contribution in [1.82, 2.24) is 5.32 Å². The van der Waals surface area contributed by atoms with E-state index in [1.807, 2.05) is 6.07 Å². The molecular formula is C16H25NO. The molecule has 1 N–H and O–H groups in total. The molecule has 3 rings (SSSR count). The predicted molar refractivity (Wildman–Crippen MR) is 73.4 cm³/mol. The fourth-order valence-electron chi connectivity index (χ4n) is 3.96. The van der Waals surface area contributed by atoms with Gasteiger partial charge in [0.1, 0.15) is 5.76 Å². The Hall–Kier alpha value is -0.760. The Morgan fingerprint density at radius 2 is 2.11 bits per heavy atom. The van der Waals surface area contributed by atoms with Gasteiger partial charge in [-0.1, -0.05) is 19.8 Å². The normalized spacial score (nSPS) is 31.9. The lowest BCUT2D eigenvalue weighted by molar-refractivity contribution is 0.391. The van der Waals surface area contributed by atoms with Crippen LogP contribution in [0.15, 0.2) is 22.8 Å². The van der Waals surface area contributed by atoms with Crippen LogP contribution in [0.1, 0.15) is 44.8 Å². The van der Waals surface area contributed by atoms with Crippen LogP contribution in [0.2, 0.25) is 0 Å². The molecular weight excluding hydrogens is 222 g/mol. The number of furan rings is 1. The second-order valence-electron chi connectivity index (χ2n) is 6.03. The average Bonchev–Trinajstić information content (AvgIpc) is 2.90. The summed E-state index contributed by atoms with van der Waals surface area (Å²) >= 11 is 0. The molecule has 0 radical (unpaired) electrons. The predicted octanol–water partition coefficient (Wildman–Crippen LogP) is 3.63. The molecule has 2 heteroatoms. The highest BCUT2D eigenvalue weighted by Gasteiger charge is 2.53. The van der Waals surface area contributed by atoms with Crippen LogP contribution in [-0.4, -0.2) is 12.6 Å². The van der Waals surface area contributed by atoms with Crippen LogP contribution < -0.4 is 5.32 Å². The molecule has 0 aromatic carbocycles. The summed E-state index contributed by atoms with van der Waals surface area (Å²) in [5.74, 6) is 4.10. The largest absolute Gasteiger partial charge is 0.469 e. The third-order valence-corrected chi connectivity index (χ3v) is 4.85. The molecule has 0 spiro atoms. The van der Waals surface area contributed by atoms with Gasteiger partial charge in [0.2, 0.25) is 0 Å². The second kappa shape index (κ2) is 5.48. The second-order valence-corrected chi connectivity index (χ2v) is 6.03. The lowest BCUT2D eigenvalue weighted by Gasteiger charge is -2.18. The number of fused-ring (bicyclic) bond motifs is 1. The fourth-order valence-corrected chi connectivity index (χ4v) is 3.96. The van der Waals surface area contributed by atoms with E-state index in [1.165, 1.54) is 32.1 Å². The topological polar surface area (TPSA) is 25.2 Å². The van der Waals surface area contributed by atoms with Crippen molar-refractivity contribution in [1.29, 1.82) is 0 Å². The van der Waals surface area contributed by atoms with E-state index in [4.69, 9.17) is 4.42 Å². The monoisotopic (exact) mass is 247 g/mol. The first-order valence-corrected chi connectivity index (χ1v) is 7.66. The molecule has 0 amide bonds. The molecule has 1 aromatic rings. The van der Waals surface area contributed by atoms with Gasteiger partial charge in [-0.05, 0) is 55.7 Å². The van der Waals surface area contributed by atoms with Crippen LogP contribution in [0.25, 0.3) is 0 Å². The van der Waals surface area contributed by atoms with Crippen molar-refractivity contribution in [2.24, 2.45) is 17.8 Å². The van der Waals surface area contributed by atoms with Crippen molar-refractivity contribution in [3.63, 3.8) is 0 Å². The van der Waals surface area contributed by atoms with E-state index in [2.05, 4.69) is 18.3 Å². The summed E-state index contributed by atoms with van der Waals surface area (Å²) < 4.78 is 5.54. The third-order valence-electron chi connectivity index (χ3n) is 4.85. The van der Waals surface area contributed by atoms with Crippen molar-refractivity contribution < 1.29 is 4.42 Å². The van der Waals surface area contributed by atoms with Gasteiger partial charge in [0.15, 0.2) is 0 Å². The molecule has 18 heavy (non-hydrogen) atoms. The Morgan fingerprint density at radius 1 is 1.33 bits per heavy atom. The number of rotatable bonds is 6. The molecule has 1 heterocycles. The molecule has 3 unspecified atom stereocenters. The maximum Gasteiger partial charge on any atom is 0.105 e. The summed E-state index contributed by atoms with van der Waals surface area (Å²) in [6, 6.07) is 4.77. The zero-order valence-corrected chi connectivity index (χ0v) is 11.4. The molecule has 2 aliphatic carbocycles. The Balaban J connectivity index is 1.62. The van der Waals surface area contributed by atoms with E-state index >= 15 is 0 Å². The maximum atomic E-state index is 5.54. The zero-order chi connectivity index (χ0) is 12.4. The van der Waals surface area contributed by atoms with Gasteiger partial charge in [0.05, 0.1) is 6.26 Å². The van der Waals surface area contributed by atoms with Crippen LogP contribution in [-0.2, 0) is 6.42 Å². The first kappa shape index (κ1) is 12.3. The zero-order valence-electron chi connectivity index (χ0n) is 11.4. The number of nitrogens with one attached hydrogen (secondary N) is 1. The lowest BCUT2D eigenvalue weighted by atomic mass is 10.0. The minimum atomic E-state index is 0.643. The van der Waals surface area contributed by atoms with Gasteiger partial charge in [0, 0.05) is 12.5 Å². The standard InChI is InChI=1S/C16H25NO/c1-2-9-17-15(11-12-6-5-10-18-12)16-13-7-3-4-8-14(13)16/h5-6,10,13-17H,2-4,7-9,11H2,1H3. The smallest absolute Gasteiger partial charge is 0.105 e. The van der Waals surface area contributed by atoms with Gasteiger partial charge >= 0.3 is 0 Å². The highest BCUT2D eigenvalue weighted by atomic mass is 16.3. The minimum Gasteiger partial charge on any atom is -0.469 e. The average molecular weight is 247 g/mol. The Morgan fingerprint density at radius 3 is 2.72 bits per heavy atom. The van der Waals surface area contributed by atoms with Crippen LogP contribution in [0.3, 0.4) is 0 Å². The third kappa shape index (κ3) is 2.49. The molecule has 2 fully saturated rings. The summed E-state index contributed by atoms with van der Waals surface area (Å²) in [7, 11) is 0. The van der Waals surface area contributed by atoms with Crippen molar-refractivity contribution in [3.8, 4) is 0 Å². The van der Waals surface area contributed by atoms with E-state index in [1.54, 1.807) is 6.26 Å². The molecule has 3 atom stereocenters. The molecule has 2 saturated carbocycles. The SMILES string of the molecule is CCCNC(Cc1ccco1)C1C2CCCCC21. The molecule has 0 bridgehead atoms. The lowest BCUT2D eigenvalue weighted by Crippen LogP contribution is -2.34. The highest BCUT2D eigenvalue weighted by Crippen LogP contribution is 2.57. The quantitative estimate of drug-likeness (QED) is 0.830. The summed E-state index contributed by atoms with van der Waals surface area (Å²) in [6.45, 7) is 3.39. The maximum absolute atomic E-state index is 5.54. The Bertz CT molecular complexity index is 347. The van der Waals surface area contributed by atoms with E-state index < -0.39 is 0 Å². The molecule has 1 aromatic heterocycles. The van der Waals surface area contributed by atoms with Crippen LogP contribution in [0.5, 0.6) is 0 Å². The minimum absolute atomic E-state index is 0.643. The first-order chi connectivity index (χ1) is 8.90. The van der Waals surface area contributed by atoms with Gasteiger partial charge in [0.25, 0.3) is 0 Å². The highest BCUT2D eigenvalue weighted by molar-refractivity contribution is 5.09. The van der Waals surface area contributed by atoms with Gasteiger partial charge in [-0.25, -0.2) is 0 Å². The van der Waals surface area contributed by atoms with E-state index in [0.717, 1.165) is 36.5 Å². The van der Waals surface area contributed by atoms with E-state index in [-0.39, 0.29) is 0 Å². The van der Waals surface area contributed by atoms with Crippen molar-refractivity contribution >= 4 is 0 Å². The summed E-state index contributed by atoms with van der Waals surface area (Å²) in [4.78, 5) is 0. The first-order valence-electron chi connectivity index (χ1n) is 7.66. The molecule has 2 aliphatic rings. The van der Waals surface area contributed by atoms with Crippen LogP contribution in [0, 0.1) is 17.8 Å². The van der Waals surface area contributed by atoms with Gasteiger partial charge < -0.3 is 9.73 Å². The van der Waals surface area contributed by atoms with Crippen molar-refractivity contribution in [2.45, 2.75) is 51.5 Å². The number of hydrogen-bond donors (Lipinski definition) is 1. The molecule has 100 valence electrons. The van der Waals surface area contributed by atoms with Crippen molar-refractivity contribution in [2.75, 3.05) is 6.54 Å². The van der Waals surface area contributed by atoms with E-state index in [9.17, 15) is 0 Å². The molecule has 0 saturated heterocycles. The van der Waals surface area contributed by atoms with Crippen LogP contribution >= 0.6 is 0 Å². The van der Waals surface area contributed by atoms with E-state index in [0.29, 0.717) is 6.04 Å². The van der Waals surface area contributed by atoms with Gasteiger partial charge in [-0.2, -0.15) is 0 Å². The van der Waals surface area contributed by atoms with Crippen molar-refractivity contribution in [3.05, 3.63) is 24.2 Å². The summed E-state index contributed by atoms with van der Waals surface area (Å²) in [6.07, 6.45) is 9.95.